The number of aryl methyl sites for hydroxylation is 1. The van der Waals surface area contributed by atoms with E-state index in [4.69, 9.17) is 0 Å². The van der Waals surface area contributed by atoms with Crippen LogP contribution >= 0.6 is 11.3 Å². The van der Waals surface area contributed by atoms with Gasteiger partial charge in [0, 0.05) is 16.3 Å². The number of aliphatic hydroxyl groups is 1. The maximum Gasteiger partial charge on any atom is 0.335 e. The summed E-state index contributed by atoms with van der Waals surface area (Å²) in [5, 5.41) is 27.0. The average molecular weight is 393 g/mol. The van der Waals surface area contributed by atoms with Crippen LogP contribution in [0.1, 0.15) is 37.7 Å². The smallest absolute Gasteiger partial charge is 0.335 e. The summed E-state index contributed by atoms with van der Waals surface area (Å²) in [6, 6.07) is 8.49. The molecule has 1 aliphatic rings. The van der Waals surface area contributed by atoms with Gasteiger partial charge in [-0.15, -0.1) is 0 Å². The first kappa shape index (κ1) is 19.2. The molecule has 1 heterocycles. The largest absolute Gasteiger partial charge is 1.00 e. The van der Waals surface area contributed by atoms with Crippen molar-refractivity contribution in [1.29, 1.82) is 0 Å². The van der Waals surface area contributed by atoms with Crippen LogP contribution in [-0.4, -0.2) is 22.9 Å². The highest BCUT2D eigenvalue weighted by Gasteiger charge is 2.27. The van der Waals surface area contributed by atoms with Gasteiger partial charge in [0.25, 0.3) is 0 Å². The molecule has 0 unspecified atom stereocenters. The summed E-state index contributed by atoms with van der Waals surface area (Å²) in [4.78, 5) is 0. The molecule has 0 aliphatic heterocycles. The lowest BCUT2D eigenvalue weighted by atomic mass is 9.96. The summed E-state index contributed by atoms with van der Waals surface area (Å²) in [5.41, 5.74) is 2.03. The first-order valence-corrected chi connectivity index (χ1v) is 9.96. The van der Waals surface area contributed by atoms with Crippen molar-refractivity contribution in [3.63, 3.8) is 0 Å². The number of thiazole rings is 1. The predicted molar refractivity (Wildman–Crippen MR) is 104 cm³/mol. The molecule has 1 saturated carbocycles. The Balaban J connectivity index is 0.00000196. The number of phenolic OH excluding ortho intramolecular Hbond substituents is 1. The van der Waals surface area contributed by atoms with E-state index in [1.807, 2.05) is 25.1 Å². The van der Waals surface area contributed by atoms with E-state index in [9.17, 15) is 10.2 Å². The molecule has 0 saturated heterocycles. The van der Waals surface area contributed by atoms with Crippen molar-refractivity contribution in [1.82, 2.24) is 0 Å². The van der Waals surface area contributed by atoms with Crippen LogP contribution < -0.4 is 22.3 Å². The molecule has 140 valence electrons. The zero-order valence-electron chi connectivity index (χ0n) is 15.0. The summed E-state index contributed by atoms with van der Waals surface area (Å²) < 4.78 is 3.30. The zero-order chi connectivity index (χ0) is 17.4. The summed E-state index contributed by atoms with van der Waals surface area (Å²) >= 11 is 1.69. The second-order valence-corrected chi connectivity index (χ2v) is 7.96. The molecule has 0 radical (unpaired) electrons. The third-order valence-corrected chi connectivity index (χ3v) is 6.55. The fourth-order valence-electron chi connectivity index (χ4n) is 3.99. The van der Waals surface area contributed by atoms with Crippen LogP contribution in [0, 0.1) is 6.92 Å². The molecule has 26 heavy (non-hydrogen) atoms. The van der Waals surface area contributed by atoms with Gasteiger partial charge in [-0.3, -0.25) is 5.32 Å². The molecule has 0 atom stereocenters. The molecule has 6 heteroatoms. The Morgan fingerprint density at radius 1 is 1.15 bits per heavy atom. The topological polar surface area (TPSA) is 56.4 Å². The fourth-order valence-corrected chi connectivity index (χ4v) is 5.27. The molecule has 0 spiro atoms. The highest BCUT2D eigenvalue weighted by molar-refractivity contribution is 7.22. The highest BCUT2D eigenvalue weighted by atomic mass is 35.5. The second-order valence-electron chi connectivity index (χ2n) is 6.96. The quantitative estimate of drug-likeness (QED) is 0.583. The van der Waals surface area contributed by atoms with Crippen LogP contribution in [0.5, 0.6) is 5.75 Å². The van der Waals surface area contributed by atoms with Crippen LogP contribution in [0.3, 0.4) is 0 Å². The fraction of sp³-hybridized carbons (Fsp3) is 0.450. The number of aliphatic hydroxyl groups excluding tert-OH is 1. The number of halogens is 1. The molecule has 0 bridgehead atoms. The maximum absolute atomic E-state index is 10.6. The number of benzene rings is 2. The van der Waals surface area contributed by atoms with Crippen molar-refractivity contribution in [2.75, 3.05) is 11.9 Å². The molecule has 3 N–H and O–H groups in total. The second kappa shape index (κ2) is 7.99. The Kier molecular flexibility index (Phi) is 5.90. The average Bonchev–Trinajstić information content (AvgIpc) is 2.99. The number of nitrogens with zero attached hydrogens (tertiary/aromatic N) is 1. The Bertz CT molecular complexity index is 919. The van der Waals surface area contributed by atoms with Gasteiger partial charge in [-0.25, -0.2) is 4.57 Å². The molecule has 1 fully saturated rings. The van der Waals surface area contributed by atoms with Gasteiger partial charge in [-0.1, -0.05) is 24.6 Å². The number of hydrogen-bond donors (Lipinski definition) is 3. The first-order chi connectivity index (χ1) is 12.2. The summed E-state index contributed by atoms with van der Waals surface area (Å²) in [6.07, 6.45) is 6.31. The van der Waals surface area contributed by atoms with Gasteiger partial charge in [0.15, 0.2) is 5.52 Å². The number of rotatable bonds is 4. The van der Waals surface area contributed by atoms with Crippen molar-refractivity contribution in [2.45, 2.75) is 51.6 Å². The Labute approximate surface area is 163 Å². The number of anilines is 1. The normalized spacial score (nSPS) is 15.3. The first-order valence-electron chi connectivity index (χ1n) is 9.14. The van der Waals surface area contributed by atoms with Crippen LogP contribution in [0.4, 0.5) is 5.13 Å². The summed E-state index contributed by atoms with van der Waals surface area (Å²) in [5.74, 6) is 0.365. The number of phenols is 1. The Hall–Kier alpha value is -1.56. The van der Waals surface area contributed by atoms with E-state index < -0.39 is 0 Å². The van der Waals surface area contributed by atoms with E-state index in [2.05, 4.69) is 16.0 Å². The van der Waals surface area contributed by atoms with Gasteiger partial charge in [0.2, 0.25) is 0 Å². The highest BCUT2D eigenvalue weighted by Crippen LogP contribution is 2.40. The third kappa shape index (κ3) is 3.24. The standard InChI is InChI=1S/C20H24N2O2S.ClH/c1-13-18(24)16-10-6-5-9-15(16)17-19(13)25-20(22(17)11-12-23)21-14-7-3-2-4-8-14;/h5-6,9-10,14,23-24H,2-4,7-8,11-12H2,1H3;1H. The van der Waals surface area contributed by atoms with E-state index >= 15 is 0 Å². The van der Waals surface area contributed by atoms with Crippen LogP contribution in [0.2, 0.25) is 0 Å². The Morgan fingerprint density at radius 2 is 1.85 bits per heavy atom. The monoisotopic (exact) mass is 392 g/mol. The van der Waals surface area contributed by atoms with Crippen LogP contribution in [-0.2, 0) is 6.54 Å². The van der Waals surface area contributed by atoms with E-state index in [1.54, 1.807) is 11.3 Å². The number of aromatic hydroxyl groups is 1. The third-order valence-electron chi connectivity index (χ3n) is 5.32. The minimum atomic E-state index is 0. The van der Waals surface area contributed by atoms with Gasteiger partial charge in [-0.05, 0) is 50.0 Å². The van der Waals surface area contributed by atoms with Gasteiger partial charge in [0.05, 0.1) is 17.3 Å². The van der Waals surface area contributed by atoms with Crippen molar-refractivity contribution in [2.24, 2.45) is 0 Å². The van der Waals surface area contributed by atoms with E-state index in [-0.39, 0.29) is 19.0 Å². The van der Waals surface area contributed by atoms with Crippen molar-refractivity contribution in [3.8, 4) is 5.75 Å². The number of fused-ring (bicyclic) bond motifs is 3. The predicted octanol–water partition coefficient (Wildman–Crippen LogP) is 1.10. The number of hydrogen-bond acceptors (Lipinski definition) is 4. The summed E-state index contributed by atoms with van der Waals surface area (Å²) in [7, 11) is 0. The van der Waals surface area contributed by atoms with Crippen molar-refractivity contribution >= 4 is 37.5 Å². The van der Waals surface area contributed by atoms with Crippen LogP contribution in [0.15, 0.2) is 24.3 Å². The number of aromatic nitrogens is 1. The maximum atomic E-state index is 10.6. The number of nitrogens with one attached hydrogen (secondary N) is 1. The SMILES string of the molecule is Cc1c(O)c2ccccc2c2c1sc(NC1CCCCC1)[n+]2CCO.[Cl-]. The lowest BCUT2D eigenvalue weighted by Gasteiger charge is -2.18. The molecule has 0 amide bonds. The van der Waals surface area contributed by atoms with E-state index in [0.717, 1.165) is 31.7 Å². The Morgan fingerprint density at radius 3 is 2.54 bits per heavy atom. The lowest BCUT2D eigenvalue weighted by molar-refractivity contribution is -0.654. The summed E-state index contributed by atoms with van der Waals surface area (Å²) in [6.45, 7) is 2.64. The molecular weight excluding hydrogens is 368 g/mol. The molecule has 4 rings (SSSR count). The van der Waals surface area contributed by atoms with Crippen LogP contribution in [0.25, 0.3) is 21.0 Å². The van der Waals surface area contributed by atoms with Gasteiger partial charge in [0.1, 0.15) is 12.3 Å². The van der Waals surface area contributed by atoms with Crippen molar-refractivity contribution < 1.29 is 27.2 Å². The molecule has 1 aliphatic carbocycles. The molecular formula is C20H25ClN2O2S. The van der Waals surface area contributed by atoms with E-state index in [1.165, 1.54) is 32.1 Å². The zero-order valence-corrected chi connectivity index (χ0v) is 16.5. The molecule has 3 aromatic rings. The minimum Gasteiger partial charge on any atom is -1.00 e. The molecule has 4 nitrogen and oxygen atoms in total. The van der Waals surface area contributed by atoms with Gasteiger partial charge >= 0.3 is 5.13 Å². The molecule has 2 aromatic carbocycles. The van der Waals surface area contributed by atoms with Gasteiger partial charge in [-0.2, -0.15) is 0 Å². The van der Waals surface area contributed by atoms with E-state index in [0.29, 0.717) is 18.3 Å². The molecule has 1 aromatic heterocycles. The lowest BCUT2D eigenvalue weighted by Crippen LogP contribution is -3.00. The van der Waals surface area contributed by atoms with Gasteiger partial charge < -0.3 is 22.6 Å². The minimum absolute atomic E-state index is 0. The van der Waals surface area contributed by atoms with Crippen molar-refractivity contribution in [3.05, 3.63) is 29.8 Å².